The number of esters is 2. The molecule has 0 N–H and O–H groups in total. The normalized spacial score (nSPS) is 18.3. The van der Waals surface area contributed by atoms with Crippen molar-refractivity contribution in [1.29, 1.82) is 0 Å². The van der Waals surface area contributed by atoms with Crippen molar-refractivity contribution in [3.8, 4) is 0 Å². The summed E-state index contributed by atoms with van der Waals surface area (Å²) in [6.45, 7) is 8.60. The van der Waals surface area contributed by atoms with E-state index >= 15 is 8.42 Å². The molecule has 0 amide bonds. The van der Waals surface area contributed by atoms with Gasteiger partial charge in [-0.15, -0.1) is 4.31 Å². The number of rotatable bonds is 10. The van der Waals surface area contributed by atoms with Gasteiger partial charge in [-0.1, -0.05) is 99.8 Å². The van der Waals surface area contributed by atoms with E-state index < -0.39 is 51.9 Å². The molecule has 4 aromatic carbocycles. The molecule has 11 heteroatoms. The largest absolute Gasteiger partial charge is 0.461 e. The molecular formula is C37H38BrClN2O6S. The first-order valence-corrected chi connectivity index (χ1v) is 18.2. The summed E-state index contributed by atoms with van der Waals surface area (Å²) in [5, 5.41) is 0.431. The minimum atomic E-state index is -4.65. The molecule has 252 valence electrons. The molecule has 4 aromatic rings. The number of hydrogen-bond acceptors (Lipinski definition) is 7. The second-order valence-corrected chi connectivity index (χ2v) is 15.5. The maximum Gasteiger partial charge on any atom is 0.341 e. The fourth-order valence-electron chi connectivity index (χ4n) is 6.08. The van der Waals surface area contributed by atoms with E-state index in [9.17, 15) is 9.59 Å². The summed E-state index contributed by atoms with van der Waals surface area (Å²) in [6, 6.07) is 28.4. The molecule has 5 rings (SSSR count). The molecule has 1 fully saturated rings. The van der Waals surface area contributed by atoms with Gasteiger partial charge >= 0.3 is 11.9 Å². The minimum Gasteiger partial charge on any atom is -0.461 e. The van der Waals surface area contributed by atoms with Gasteiger partial charge in [0, 0.05) is 16.0 Å². The number of nitrogens with zero attached hydrogens (tertiary/aromatic N) is 2. The van der Waals surface area contributed by atoms with Gasteiger partial charge in [-0.25, -0.2) is 18.0 Å². The van der Waals surface area contributed by atoms with Crippen molar-refractivity contribution in [1.82, 2.24) is 9.21 Å². The third-order valence-electron chi connectivity index (χ3n) is 8.06. The quantitative estimate of drug-likeness (QED) is 0.120. The molecule has 0 saturated carbocycles. The van der Waals surface area contributed by atoms with Gasteiger partial charge in [-0.05, 0) is 87.7 Å². The highest BCUT2D eigenvalue weighted by atomic mass is 79.9. The molecule has 48 heavy (non-hydrogen) atoms. The fourth-order valence-corrected chi connectivity index (χ4v) is 8.31. The summed E-state index contributed by atoms with van der Waals surface area (Å²) < 4.78 is 44.1. The molecule has 0 unspecified atom stereocenters. The van der Waals surface area contributed by atoms with Crippen LogP contribution in [0.4, 0.5) is 0 Å². The molecular weight excluding hydrogens is 716 g/mol. The Morgan fingerprint density at radius 3 is 1.83 bits per heavy atom. The lowest BCUT2D eigenvalue weighted by molar-refractivity contribution is -0.176. The maximum atomic E-state index is 15.3. The summed E-state index contributed by atoms with van der Waals surface area (Å²) in [7, 11) is -4.65. The van der Waals surface area contributed by atoms with Crippen molar-refractivity contribution < 1.29 is 27.5 Å². The van der Waals surface area contributed by atoms with Crippen molar-refractivity contribution in [2.24, 2.45) is 0 Å². The second kappa shape index (κ2) is 14.5. The Bertz CT molecular complexity index is 1830. The van der Waals surface area contributed by atoms with Gasteiger partial charge in [0.2, 0.25) is 10.0 Å². The first kappa shape index (κ1) is 35.8. The lowest BCUT2D eigenvalue weighted by Gasteiger charge is -2.38. The van der Waals surface area contributed by atoms with E-state index in [-0.39, 0.29) is 11.4 Å². The lowest BCUT2D eigenvalue weighted by Crippen LogP contribution is -2.63. The first-order valence-electron chi connectivity index (χ1n) is 15.6. The van der Waals surface area contributed by atoms with E-state index in [1.807, 2.05) is 42.2 Å². The van der Waals surface area contributed by atoms with Crippen LogP contribution < -0.4 is 0 Å². The van der Waals surface area contributed by atoms with Crippen molar-refractivity contribution >= 4 is 49.5 Å². The highest BCUT2D eigenvalue weighted by molar-refractivity contribution is 9.10. The molecule has 8 nitrogen and oxygen atoms in total. The van der Waals surface area contributed by atoms with Crippen molar-refractivity contribution in [3.05, 3.63) is 135 Å². The monoisotopic (exact) mass is 752 g/mol. The lowest BCUT2D eigenvalue weighted by atomic mass is 9.85. The summed E-state index contributed by atoms with van der Waals surface area (Å²) in [6.07, 6.45) is -2.56. The van der Waals surface area contributed by atoms with Crippen LogP contribution in [0.3, 0.4) is 0 Å². The average Bonchev–Trinajstić information content (AvgIpc) is 3.34. The summed E-state index contributed by atoms with van der Waals surface area (Å²) in [5.41, 5.74) is 0.130. The fraction of sp³-hybridized carbons (Fsp3) is 0.297. The molecule has 2 atom stereocenters. The van der Waals surface area contributed by atoms with Gasteiger partial charge in [-0.2, -0.15) is 0 Å². The zero-order chi connectivity index (χ0) is 34.8. The van der Waals surface area contributed by atoms with Crippen LogP contribution in [0.1, 0.15) is 62.2 Å². The smallest absolute Gasteiger partial charge is 0.341 e. The van der Waals surface area contributed by atoms with Crippen LogP contribution in [0.2, 0.25) is 5.02 Å². The van der Waals surface area contributed by atoms with Gasteiger partial charge in [0.25, 0.3) is 5.54 Å². The highest BCUT2D eigenvalue weighted by Crippen LogP contribution is 2.56. The molecule has 1 aliphatic heterocycles. The van der Waals surface area contributed by atoms with Crippen molar-refractivity contribution in [3.63, 3.8) is 0 Å². The van der Waals surface area contributed by atoms with Crippen LogP contribution in [0.25, 0.3) is 0 Å². The molecule has 1 aliphatic rings. The Morgan fingerprint density at radius 1 is 0.792 bits per heavy atom. The van der Waals surface area contributed by atoms with E-state index in [0.717, 1.165) is 19.9 Å². The van der Waals surface area contributed by atoms with Crippen LogP contribution >= 0.6 is 27.5 Å². The molecule has 0 radical (unpaired) electrons. The number of aryl methyl sites for hydroxylation is 1. The van der Waals surface area contributed by atoms with Gasteiger partial charge in [0.1, 0.15) is 6.17 Å². The molecule has 1 saturated heterocycles. The highest BCUT2D eigenvalue weighted by Gasteiger charge is 2.73. The number of hydrogen-bond donors (Lipinski definition) is 0. The van der Waals surface area contributed by atoms with Crippen LogP contribution in [0.5, 0.6) is 0 Å². The van der Waals surface area contributed by atoms with E-state index in [2.05, 4.69) is 15.9 Å². The SMILES string of the molecule is Cc1ccc(S(=O)(=O)N2[C@@H](c3ccc(Br)cc3)N(Cc3ccccc3)[C@H](c3ccc(Cl)cc3)C2(C(=O)OC(C)C)C(=O)OC(C)C)cc1. The summed E-state index contributed by atoms with van der Waals surface area (Å²) in [5.74, 6) is -2.09. The second-order valence-electron chi connectivity index (χ2n) is 12.3. The van der Waals surface area contributed by atoms with Crippen LogP contribution in [-0.2, 0) is 35.6 Å². The van der Waals surface area contributed by atoms with E-state index in [4.69, 9.17) is 21.1 Å². The standard InChI is InChI=1S/C37H38BrClN2O6S/c1-24(2)46-35(42)37(36(43)47-25(3)4)33(28-15-19-31(39)20-16-28)40(23-27-9-7-6-8-10-27)34(29-13-17-30(38)18-14-29)41(37)48(44,45)32-21-11-26(5)12-22-32/h6-22,24-25,33-34H,23H2,1-5H3/t33-,34+/m1/s1. The number of carbonyl (C=O) groups is 2. The average molecular weight is 754 g/mol. The van der Waals surface area contributed by atoms with E-state index in [1.54, 1.807) is 88.4 Å². The molecule has 0 spiro atoms. The number of ether oxygens (including phenoxy) is 2. The molecule has 0 bridgehead atoms. The zero-order valence-electron chi connectivity index (χ0n) is 27.3. The Morgan fingerprint density at radius 2 is 1.31 bits per heavy atom. The maximum absolute atomic E-state index is 15.3. The number of carbonyl (C=O) groups excluding carboxylic acids is 2. The Balaban J connectivity index is 1.96. The molecule has 0 aliphatic carbocycles. The van der Waals surface area contributed by atoms with E-state index in [1.165, 1.54) is 12.1 Å². The Kier molecular flexibility index (Phi) is 10.8. The van der Waals surface area contributed by atoms with Gasteiger partial charge in [0.15, 0.2) is 0 Å². The third kappa shape index (κ3) is 6.95. The summed E-state index contributed by atoms with van der Waals surface area (Å²) in [4.78, 5) is 31.6. The van der Waals surface area contributed by atoms with Crippen molar-refractivity contribution in [2.45, 2.75) is 76.0 Å². The zero-order valence-corrected chi connectivity index (χ0v) is 30.5. The topological polar surface area (TPSA) is 93.2 Å². The third-order valence-corrected chi connectivity index (χ3v) is 10.7. The molecule has 0 aromatic heterocycles. The number of benzene rings is 4. The Hall–Kier alpha value is -3.54. The minimum absolute atomic E-state index is 0.0919. The predicted molar refractivity (Wildman–Crippen MR) is 188 cm³/mol. The van der Waals surface area contributed by atoms with Crippen LogP contribution in [0.15, 0.2) is 112 Å². The van der Waals surface area contributed by atoms with Gasteiger partial charge in [-0.3, -0.25) is 4.90 Å². The van der Waals surface area contributed by atoms with E-state index in [0.29, 0.717) is 16.1 Å². The van der Waals surface area contributed by atoms with Gasteiger partial charge in [0.05, 0.1) is 23.1 Å². The van der Waals surface area contributed by atoms with Crippen molar-refractivity contribution in [2.75, 3.05) is 0 Å². The Labute approximate surface area is 295 Å². The number of sulfonamides is 1. The van der Waals surface area contributed by atoms with Crippen LogP contribution in [0, 0.1) is 6.92 Å². The summed E-state index contributed by atoms with van der Waals surface area (Å²) >= 11 is 9.84. The predicted octanol–water partition coefficient (Wildman–Crippen LogP) is 8.00. The number of halogens is 2. The molecule has 1 heterocycles. The van der Waals surface area contributed by atoms with Gasteiger partial charge < -0.3 is 9.47 Å². The van der Waals surface area contributed by atoms with Crippen LogP contribution in [-0.4, -0.2) is 47.3 Å². The first-order chi connectivity index (χ1) is 22.8.